The van der Waals surface area contributed by atoms with Crippen LogP contribution in [0.2, 0.25) is 25.7 Å². The number of H-pyrrole nitrogens is 1. The summed E-state index contributed by atoms with van der Waals surface area (Å²) in [4.78, 5) is 17.3. The van der Waals surface area contributed by atoms with Gasteiger partial charge < -0.3 is 24.5 Å². The number of carbonyl (C=O) groups is 1. The Morgan fingerprint density at radius 2 is 1.97 bits per heavy atom. The first kappa shape index (κ1) is 24.5. The first-order valence-electron chi connectivity index (χ1n) is 12.0. The third kappa shape index (κ3) is 5.23. The Bertz CT molecular complexity index is 1100. The second-order valence-corrected chi connectivity index (χ2v) is 16.3. The number of hydrogen-bond acceptors (Lipinski definition) is 4. The SMILES string of the molecule is CC1=C(C(=O)O)c2[nH]ccc2C(c2cc(C)c(F)cc2OCC2CC2)N1COCC[Si](C)(C)C. The molecule has 8 heteroatoms. The van der Waals surface area contributed by atoms with Crippen molar-refractivity contribution in [3.8, 4) is 5.75 Å². The van der Waals surface area contributed by atoms with Crippen molar-refractivity contribution in [3.05, 3.63) is 58.3 Å². The molecule has 1 unspecified atom stereocenters. The van der Waals surface area contributed by atoms with Crippen LogP contribution in [0.5, 0.6) is 5.75 Å². The van der Waals surface area contributed by atoms with Gasteiger partial charge in [0.15, 0.2) is 0 Å². The summed E-state index contributed by atoms with van der Waals surface area (Å²) >= 11 is 0. The molecular formula is C26H35FN2O4Si. The molecule has 0 bridgehead atoms. The zero-order valence-corrected chi connectivity index (χ0v) is 21.7. The van der Waals surface area contributed by atoms with Crippen LogP contribution < -0.4 is 4.74 Å². The minimum Gasteiger partial charge on any atom is -0.493 e. The van der Waals surface area contributed by atoms with Gasteiger partial charge in [0.2, 0.25) is 0 Å². The predicted molar refractivity (Wildman–Crippen MR) is 133 cm³/mol. The maximum atomic E-state index is 14.6. The van der Waals surface area contributed by atoms with E-state index in [0.717, 1.165) is 30.0 Å². The van der Waals surface area contributed by atoms with Crippen LogP contribution in [0, 0.1) is 18.7 Å². The highest BCUT2D eigenvalue weighted by atomic mass is 28.3. The molecule has 184 valence electrons. The van der Waals surface area contributed by atoms with Gasteiger partial charge in [-0.3, -0.25) is 0 Å². The van der Waals surface area contributed by atoms with E-state index >= 15 is 0 Å². The fourth-order valence-corrected chi connectivity index (χ4v) is 5.09. The number of carboxylic acid groups (broad SMARTS) is 1. The van der Waals surface area contributed by atoms with Gasteiger partial charge in [0, 0.05) is 43.8 Å². The summed E-state index contributed by atoms with van der Waals surface area (Å²) in [5, 5.41) is 10.00. The van der Waals surface area contributed by atoms with Crippen LogP contribution in [0.15, 0.2) is 30.1 Å². The number of nitrogens with one attached hydrogen (secondary N) is 1. The molecule has 0 radical (unpaired) electrons. The minimum atomic E-state index is -1.27. The van der Waals surface area contributed by atoms with Crippen LogP contribution in [0.1, 0.15) is 48.2 Å². The lowest BCUT2D eigenvalue weighted by molar-refractivity contribution is -0.130. The fourth-order valence-electron chi connectivity index (χ4n) is 4.34. The standard InChI is InChI=1S/C26H35FN2O4Si/c1-16-12-20(22(13-21(16)27)33-14-18-6-7-18)25-19-8-9-28-24(19)23(26(30)31)17(2)29(25)15-32-10-11-34(3,4)5/h8-9,12-13,18,25,28H,6-7,10-11,14-15H2,1-5H3,(H,30,31). The van der Waals surface area contributed by atoms with E-state index in [1.165, 1.54) is 6.07 Å². The Balaban J connectivity index is 1.75. The van der Waals surface area contributed by atoms with Gasteiger partial charge in [-0.15, -0.1) is 0 Å². The van der Waals surface area contributed by atoms with E-state index in [0.29, 0.717) is 41.8 Å². The Morgan fingerprint density at radius 1 is 1.24 bits per heavy atom. The Kier molecular flexibility index (Phi) is 6.91. The molecule has 1 aromatic carbocycles. The lowest BCUT2D eigenvalue weighted by Crippen LogP contribution is -2.36. The molecule has 0 amide bonds. The summed E-state index contributed by atoms with van der Waals surface area (Å²) in [6.45, 7) is 11.8. The van der Waals surface area contributed by atoms with Crippen LogP contribution in [-0.2, 0) is 9.53 Å². The van der Waals surface area contributed by atoms with Crippen molar-refractivity contribution in [2.45, 2.75) is 58.4 Å². The molecule has 0 saturated heterocycles. The first-order valence-corrected chi connectivity index (χ1v) is 15.7. The maximum absolute atomic E-state index is 14.6. The van der Waals surface area contributed by atoms with E-state index in [9.17, 15) is 14.3 Å². The summed E-state index contributed by atoms with van der Waals surface area (Å²) in [5.41, 5.74) is 3.57. The van der Waals surface area contributed by atoms with Crippen molar-refractivity contribution in [3.63, 3.8) is 0 Å². The lowest BCUT2D eigenvalue weighted by atomic mass is 9.88. The monoisotopic (exact) mass is 486 g/mol. The van der Waals surface area contributed by atoms with E-state index in [2.05, 4.69) is 24.6 Å². The summed E-state index contributed by atoms with van der Waals surface area (Å²) in [6.07, 6.45) is 4.02. The summed E-state index contributed by atoms with van der Waals surface area (Å²) < 4.78 is 26.8. The number of halogens is 1. The van der Waals surface area contributed by atoms with E-state index in [1.54, 1.807) is 13.1 Å². The summed E-state index contributed by atoms with van der Waals surface area (Å²) in [6, 6.07) is 5.85. The lowest BCUT2D eigenvalue weighted by Gasteiger charge is -2.39. The molecule has 6 nitrogen and oxygen atoms in total. The zero-order valence-electron chi connectivity index (χ0n) is 20.7. The van der Waals surface area contributed by atoms with Crippen molar-refractivity contribution < 1.29 is 23.8 Å². The molecule has 2 aromatic rings. The van der Waals surface area contributed by atoms with Gasteiger partial charge in [0.25, 0.3) is 0 Å². The van der Waals surface area contributed by atoms with Crippen LogP contribution >= 0.6 is 0 Å². The number of aryl methyl sites for hydroxylation is 1. The molecule has 2 heterocycles. The van der Waals surface area contributed by atoms with Gasteiger partial charge in [-0.05, 0) is 56.3 Å². The molecule has 1 saturated carbocycles. The highest BCUT2D eigenvalue weighted by Gasteiger charge is 2.38. The van der Waals surface area contributed by atoms with Crippen molar-refractivity contribution in [1.29, 1.82) is 0 Å². The van der Waals surface area contributed by atoms with Crippen LogP contribution in [0.4, 0.5) is 4.39 Å². The molecule has 0 spiro atoms. The third-order valence-electron chi connectivity index (χ3n) is 6.63. The largest absolute Gasteiger partial charge is 0.493 e. The molecule has 2 N–H and O–H groups in total. The van der Waals surface area contributed by atoms with E-state index in [-0.39, 0.29) is 24.2 Å². The average molecular weight is 487 g/mol. The first-order chi connectivity index (χ1) is 16.1. The Labute approximate surface area is 201 Å². The molecule has 1 atom stereocenters. The fraction of sp³-hybridized carbons (Fsp3) is 0.500. The van der Waals surface area contributed by atoms with Crippen LogP contribution in [0.3, 0.4) is 0 Å². The van der Waals surface area contributed by atoms with Crippen LogP contribution in [-0.4, -0.2) is 49.0 Å². The molecule has 4 rings (SSSR count). The number of aromatic nitrogens is 1. The number of hydrogen-bond donors (Lipinski definition) is 2. The third-order valence-corrected chi connectivity index (χ3v) is 8.33. The number of carboxylic acids is 1. The number of benzene rings is 1. The molecule has 1 aliphatic carbocycles. The van der Waals surface area contributed by atoms with Gasteiger partial charge in [0.1, 0.15) is 23.9 Å². The molecule has 1 aliphatic heterocycles. The van der Waals surface area contributed by atoms with Crippen LogP contribution in [0.25, 0.3) is 5.57 Å². The smallest absolute Gasteiger partial charge is 0.339 e. The summed E-state index contributed by atoms with van der Waals surface area (Å²) in [5.74, 6) is -0.276. The maximum Gasteiger partial charge on any atom is 0.339 e. The highest BCUT2D eigenvalue weighted by Crippen LogP contribution is 2.45. The number of rotatable bonds is 10. The van der Waals surface area contributed by atoms with Gasteiger partial charge in [-0.1, -0.05) is 19.6 Å². The normalized spacial score (nSPS) is 18.3. The van der Waals surface area contributed by atoms with Gasteiger partial charge in [-0.2, -0.15) is 0 Å². The second kappa shape index (κ2) is 9.58. The molecular weight excluding hydrogens is 451 g/mol. The minimum absolute atomic E-state index is 0.226. The van der Waals surface area contributed by atoms with Crippen molar-refractivity contribution in [1.82, 2.24) is 9.88 Å². The second-order valence-electron chi connectivity index (χ2n) is 10.7. The Morgan fingerprint density at radius 3 is 2.62 bits per heavy atom. The van der Waals surface area contributed by atoms with Crippen molar-refractivity contribution >= 4 is 19.6 Å². The molecule has 1 aromatic heterocycles. The molecule has 1 fully saturated rings. The average Bonchev–Trinajstić information content (AvgIpc) is 3.46. The number of ether oxygens (including phenoxy) is 2. The summed E-state index contributed by atoms with van der Waals surface area (Å²) in [7, 11) is -1.27. The van der Waals surface area contributed by atoms with Gasteiger partial charge in [0.05, 0.1) is 18.3 Å². The predicted octanol–water partition coefficient (Wildman–Crippen LogP) is 5.78. The van der Waals surface area contributed by atoms with E-state index in [4.69, 9.17) is 9.47 Å². The molecule has 2 aliphatic rings. The number of fused-ring (bicyclic) bond motifs is 1. The van der Waals surface area contributed by atoms with E-state index in [1.807, 2.05) is 24.0 Å². The number of nitrogens with zero attached hydrogens (tertiary/aromatic N) is 1. The van der Waals surface area contributed by atoms with Gasteiger partial charge in [-0.25, -0.2) is 9.18 Å². The van der Waals surface area contributed by atoms with Crippen molar-refractivity contribution in [2.24, 2.45) is 5.92 Å². The Hall–Kier alpha value is -2.58. The quantitative estimate of drug-likeness (QED) is 0.329. The van der Waals surface area contributed by atoms with Gasteiger partial charge >= 0.3 is 5.97 Å². The molecule has 34 heavy (non-hydrogen) atoms. The highest BCUT2D eigenvalue weighted by molar-refractivity contribution is 6.76. The number of aliphatic carboxylic acids is 1. The van der Waals surface area contributed by atoms with Crippen molar-refractivity contribution in [2.75, 3.05) is 19.9 Å². The van der Waals surface area contributed by atoms with E-state index < -0.39 is 14.0 Å². The topological polar surface area (TPSA) is 74.8 Å². The number of allylic oxidation sites excluding steroid dienone is 1. The number of aromatic amines is 1. The zero-order chi connectivity index (χ0) is 24.6.